The van der Waals surface area contributed by atoms with E-state index in [0.29, 0.717) is 12.5 Å². The number of rotatable bonds is 4. The zero-order valence-electron chi connectivity index (χ0n) is 9.16. The molecule has 0 aliphatic rings. The molecule has 2 nitrogen and oxygen atoms in total. The first kappa shape index (κ1) is 12.1. The van der Waals surface area contributed by atoms with Gasteiger partial charge in [0.25, 0.3) is 5.24 Å². The van der Waals surface area contributed by atoms with Crippen molar-refractivity contribution in [3.05, 3.63) is 35.4 Å². The fourth-order valence-electron chi connectivity index (χ4n) is 1.38. The average molecular weight is 223 g/mol. The second kappa shape index (κ2) is 5.81. The van der Waals surface area contributed by atoms with Gasteiger partial charge in [-0.05, 0) is 23.5 Å². The first-order valence-corrected chi connectivity index (χ1v) is 5.60. The molecule has 0 aliphatic heterocycles. The predicted molar refractivity (Wildman–Crippen MR) is 66.6 cm³/mol. The molecule has 1 aromatic rings. The summed E-state index contributed by atoms with van der Waals surface area (Å²) >= 11 is 3.64. The van der Waals surface area contributed by atoms with Crippen molar-refractivity contribution >= 4 is 17.9 Å². The predicted octanol–water partition coefficient (Wildman–Crippen LogP) is 2.99. The lowest BCUT2D eigenvalue weighted by Crippen LogP contribution is -2.19. The molecule has 15 heavy (non-hydrogen) atoms. The van der Waals surface area contributed by atoms with Crippen LogP contribution in [0.25, 0.3) is 0 Å². The number of carbonyl (C=O) groups excluding carboxylic acids is 1. The van der Waals surface area contributed by atoms with E-state index in [1.54, 1.807) is 0 Å². The maximum Gasteiger partial charge on any atom is 0.275 e. The molecule has 1 N–H and O–H groups in total. The zero-order chi connectivity index (χ0) is 11.3. The molecule has 3 heteroatoms. The number of hydrogen-bond donors (Lipinski definition) is 2. The lowest BCUT2D eigenvalue weighted by molar-refractivity contribution is 0.261. The van der Waals surface area contributed by atoms with E-state index in [1.165, 1.54) is 11.1 Å². The van der Waals surface area contributed by atoms with Crippen LogP contribution in [0.4, 0.5) is 4.79 Å². The molecular formula is C12H17NOS. The molecule has 0 radical (unpaired) electrons. The van der Waals surface area contributed by atoms with Crippen LogP contribution in [0, 0.1) is 0 Å². The smallest absolute Gasteiger partial charge is 0.275 e. The van der Waals surface area contributed by atoms with Crippen molar-refractivity contribution in [2.75, 3.05) is 6.54 Å². The molecular weight excluding hydrogens is 206 g/mol. The van der Waals surface area contributed by atoms with Gasteiger partial charge in [0, 0.05) is 6.54 Å². The summed E-state index contributed by atoms with van der Waals surface area (Å²) in [6, 6.07) is 8.51. The third-order valence-electron chi connectivity index (χ3n) is 2.34. The summed E-state index contributed by atoms with van der Waals surface area (Å²) in [4.78, 5) is 10.5. The normalized spacial score (nSPS) is 10.4. The van der Waals surface area contributed by atoms with Crippen LogP contribution in [-0.2, 0) is 6.42 Å². The lowest BCUT2D eigenvalue weighted by atomic mass is 10.0. The quantitative estimate of drug-likeness (QED) is 0.755. The van der Waals surface area contributed by atoms with Gasteiger partial charge in [0.1, 0.15) is 0 Å². The summed E-state index contributed by atoms with van der Waals surface area (Å²) in [5.74, 6) is 0.566. The van der Waals surface area contributed by atoms with Crippen LogP contribution in [0.15, 0.2) is 24.3 Å². The maximum atomic E-state index is 10.5. The Labute approximate surface area is 96.5 Å². The number of thiol groups is 1. The van der Waals surface area contributed by atoms with Crippen LogP contribution >= 0.6 is 12.6 Å². The first-order valence-electron chi connectivity index (χ1n) is 5.15. The van der Waals surface area contributed by atoms with Crippen LogP contribution in [0.2, 0.25) is 0 Å². The Morgan fingerprint density at radius 1 is 1.33 bits per heavy atom. The van der Waals surface area contributed by atoms with E-state index in [9.17, 15) is 4.79 Å². The Balaban J connectivity index is 2.46. The molecule has 82 valence electrons. The fraction of sp³-hybridized carbons (Fsp3) is 0.417. The van der Waals surface area contributed by atoms with Crippen molar-refractivity contribution in [1.29, 1.82) is 0 Å². The minimum atomic E-state index is -0.270. The van der Waals surface area contributed by atoms with Crippen LogP contribution in [0.5, 0.6) is 0 Å². The Hall–Kier alpha value is -0.960. The van der Waals surface area contributed by atoms with Crippen LogP contribution in [0.3, 0.4) is 0 Å². The monoisotopic (exact) mass is 223 g/mol. The molecule has 1 amide bonds. The highest BCUT2D eigenvalue weighted by atomic mass is 32.1. The maximum absolute atomic E-state index is 10.5. The molecule has 0 heterocycles. The molecule has 0 aromatic heterocycles. The molecule has 0 bridgehead atoms. The highest BCUT2D eigenvalue weighted by Crippen LogP contribution is 2.14. The molecule has 1 rings (SSSR count). The third-order valence-corrected chi connectivity index (χ3v) is 2.49. The molecule has 0 saturated heterocycles. The number of nitrogens with one attached hydrogen (secondary N) is 1. The highest BCUT2D eigenvalue weighted by molar-refractivity contribution is 7.96. The van der Waals surface area contributed by atoms with E-state index in [2.05, 4.69) is 56.1 Å². The van der Waals surface area contributed by atoms with E-state index in [0.717, 1.165) is 6.42 Å². The van der Waals surface area contributed by atoms with Gasteiger partial charge in [-0.3, -0.25) is 4.79 Å². The van der Waals surface area contributed by atoms with Gasteiger partial charge in [0.15, 0.2) is 0 Å². The Kier molecular flexibility index (Phi) is 4.69. The number of amides is 1. The average Bonchev–Trinajstić information content (AvgIpc) is 2.18. The molecule has 1 aromatic carbocycles. The van der Waals surface area contributed by atoms with E-state index >= 15 is 0 Å². The summed E-state index contributed by atoms with van der Waals surface area (Å²) in [7, 11) is 0. The number of benzene rings is 1. The lowest BCUT2D eigenvalue weighted by Gasteiger charge is -2.06. The van der Waals surface area contributed by atoms with Crippen LogP contribution in [0.1, 0.15) is 30.9 Å². The molecule has 0 fully saturated rings. The number of carbonyl (C=O) groups is 1. The third kappa shape index (κ3) is 4.38. The largest absolute Gasteiger partial charge is 0.347 e. The fourth-order valence-corrected chi connectivity index (χ4v) is 1.49. The van der Waals surface area contributed by atoms with Gasteiger partial charge < -0.3 is 5.32 Å². The van der Waals surface area contributed by atoms with E-state index in [4.69, 9.17) is 0 Å². The van der Waals surface area contributed by atoms with Gasteiger partial charge in [0.05, 0.1) is 0 Å². The van der Waals surface area contributed by atoms with Gasteiger partial charge in [-0.15, -0.1) is 0 Å². The Bertz CT molecular complexity index is 319. The Morgan fingerprint density at radius 3 is 2.40 bits per heavy atom. The van der Waals surface area contributed by atoms with Crippen molar-refractivity contribution < 1.29 is 4.79 Å². The SMILES string of the molecule is CC(C)c1ccc(CCNC(=O)S)cc1. The van der Waals surface area contributed by atoms with Crippen LogP contribution < -0.4 is 5.32 Å². The summed E-state index contributed by atoms with van der Waals surface area (Å²) in [6.07, 6.45) is 0.852. The van der Waals surface area contributed by atoms with Crippen molar-refractivity contribution in [1.82, 2.24) is 5.32 Å². The second-order valence-electron chi connectivity index (χ2n) is 3.88. The first-order chi connectivity index (χ1) is 7.09. The van der Waals surface area contributed by atoms with Crippen molar-refractivity contribution in [2.24, 2.45) is 0 Å². The molecule has 0 atom stereocenters. The molecule has 0 aliphatic carbocycles. The summed E-state index contributed by atoms with van der Waals surface area (Å²) in [6.45, 7) is 5.00. The minimum absolute atomic E-state index is 0.270. The molecule has 0 spiro atoms. The van der Waals surface area contributed by atoms with Gasteiger partial charge in [-0.1, -0.05) is 50.7 Å². The van der Waals surface area contributed by atoms with Crippen molar-refractivity contribution in [2.45, 2.75) is 26.2 Å². The second-order valence-corrected chi connectivity index (χ2v) is 4.28. The van der Waals surface area contributed by atoms with E-state index in [-0.39, 0.29) is 5.24 Å². The summed E-state index contributed by atoms with van der Waals surface area (Å²) in [5, 5.41) is 2.39. The molecule has 0 unspecified atom stereocenters. The standard InChI is InChI=1S/C12H17NOS/c1-9(2)11-5-3-10(4-6-11)7-8-13-12(14)15/h3-6,9H,7-8H2,1-2H3,(H2,13,14,15). The topological polar surface area (TPSA) is 29.1 Å². The van der Waals surface area contributed by atoms with Gasteiger partial charge in [0.2, 0.25) is 0 Å². The van der Waals surface area contributed by atoms with Crippen LogP contribution in [-0.4, -0.2) is 11.8 Å². The summed E-state index contributed by atoms with van der Waals surface area (Å²) in [5.41, 5.74) is 2.58. The Morgan fingerprint density at radius 2 is 1.93 bits per heavy atom. The summed E-state index contributed by atoms with van der Waals surface area (Å²) < 4.78 is 0. The van der Waals surface area contributed by atoms with Gasteiger partial charge >= 0.3 is 0 Å². The minimum Gasteiger partial charge on any atom is -0.347 e. The highest BCUT2D eigenvalue weighted by Gasteiger charge is 1.99. The molecule has 0 saturated carbocycles. The van der Waals surface area contributed by atoms with Crippen molar-refractivity contribution in [3.63, 3.8) is 0 Å². The van der Waals surface area contributed by atoms with E-state index < -0.39 is 0 Å². The number of hydrogen-bond acceptors (Lipinski definition) is 1. The van der Waals surface area contributed by atoms with Gasteiger partial charge in [-0.25, -0.2) is 0 Å². The van der Waals surface area contributed by atoms with E-state index in [1.807, 2.05) is 0 Å². The van der Waals surface area contributed by atoms with Crippen molar-refractivity contribution in [3.8, 4) is 0 Å². The zero-order valence-corrected chi connectivity index (χ0v) is 10.1. The van der Waals surface area contributed by atoms with Gasteiger partial charge in [-0.2, -0.15) is 0 Å².